The molecule has 0 unspecified atom stereocenters. The Balaban J connectivity index is 2.42. The lowest BCUT2D eigenvalue weighted by Crippen LogP contribution is -2.02. The smallest absolute Gasteiger partial charge is 0.0945 e. The van der Waals surface area contributed by atoms with Gasteiger partial charge >= 0.3 is 0 Å². The summed E-state index contributed by atoms with van der Waals surface area (Å²) in [5.74, 6) is 0. The van der Waals surface area contributed by atoms with Crippen molar-refractivity contribution in [2.24, 2.45) is 5.73 Å². The Bertz CT molecular complexity index is 468. The molecule has 1 heterocycles. The molecule has 0 aliphatic rings. The number of hydrogen-bond acceptors (Lipinski definition) is 3. The van der Waals surface area contributed by atoms with Gasteiger partial charge in [0, 0.05) is 17.4 Å². The molecule has 0 amide bonds. The van der Waals surface area contributed by atoms with Crippen molar-refractivity contribution < 1.29 is 0 Å². The maximum Gasteiger partial charge on any atom is 0.0945 e. The third kappa shape index (κ3) is 2.15. The molecule has 0 aliphatic carbocycles. The fraction of sp³-hybridized carbons (Fsp3) is 0.308. The summed E-state index contributed by atoms with van der Waals surface area (Å²) in [6, 6.07) is 6.34. The highest BCUT2D eigenvalue weighted by Gasteiger charge is 2.08. The SMILES string of the molecule is Cc1cccc(C)c1-c1csc(CCN)n1. The van der Waals surface area contributed by atoms with Crippen LogP contribution in [0.1, 0.15) is 16.1 Å². The minimum absolute atomic E-state index is 0.666. The van der Waals surface area contributed by atoms with E-state index in [2.05, 4.69) is 42.4 Å². The molecule has 1 aromatic heterocycles. The Hall–Kier alpha value is -1.19. The number of thiazole rings is 1. The molecule has 0 saturated heterocycles. The van der Waals surface area contributed by atoms with Crippen LogP contribution in [0.5, 0.6) is 0 Å². The Morgan fingerprint density at radius 3 is 2.56 bits per heavy atom. The third-order valence-electron chi connectivity index (χ3n) is 2.65. The van der Waals surface area contributed by atoms with Crippen molar-refractivity contribution in [1.82, 2.24) is 4.98 Å². The Kier molecular flexibility index (Phi) is 3.36. The second-order valence-electron chi connectivity index (χ2n) is 3.93. The maximum atomic E-state index is 5.53. The molecular weight excluding hydrogens is 216 g/mol. The monoisotopic (exact) mass is 232 g/mol. The molecule has 2 aromatic rings. The Morgan fingerprint density at radius 2 is 1.94 bits per heavy atom. The fourth-order valence-electron chi connectivity index (χ4n) is 1.88. The van der Waals surface area contributed by atoms with Gasteiger partial charge in [0.2, 0.25) is 0 Å². The van der Waals surface area contributed by atoms with Crippen molar-refractivity contribution in [1.29, 1.82) is 0 Å². The number of nitrogens with zero attached hydrogens (tertiary/aromatic N) is 1. The van der Waals surface area contributed by atoms with Crippen LogP contribution in [0.3, 0.4) is 0 Å². The van der Waals surface area contributed by atoms with E-state index in [-0.39, 0.29) is 0 Å². The molecule has 2 rings (SSSR count). The number of aryl methyl sites for hydroxylation is 2. The van der Waals surface area contributed by atoms with Crippen LogP contribution in [0.25, 0.3) is 11.3 Å². The average Bonchev–Trinajstić information content (AvgIpc) is 2.67. The summed E-state index contributed by atoms with van der Waals surface area (Å²) in [6.45, 7) is 4.92. The molecule has 0 bridgehead atoms. The van der Waals surface area contributed by atoms with Crippen LogP contribution in [0.4, 0.5) is 0 Å². The van der Waals surface area contributed by atoms with Crippen molar-refractivity contribution in [2.45, 2.75) is 20.3 Å². The van der Waals surface area contributed by atoms with Gasteiger partial charge in [-0.15, -0.1) is 11.3 Å². The van der Waals surface area contributed by atoms with E-state index in [1.807, 2.05) is 0 Å². The van der Waals surface area contributed by atoms with Crippen LogP contribution in [0.15, 0.2) is 23.6 Å². The predicted octanol–water partition coefficient (Wildman–Crippen LogP) is 2.93. The Labute approximate surface area is 100 Å². The first-order valence-electron chi connectivity index (χ1n) is 5.43. The normalized spacial score (nSPS) is 10.7. The highest BCUT2D eigenvalue weighted by Crippen LogP contribution is 2.28. The topological polar surface area (TPSA) is 38.9 Å². The van der Waals surface area contributed by atoms with Crippen LogP contribution in [-0.4, -0.2) is 11.5 Å². The summed E-state index contributed by atoms with van der Waals surface area (Å²) in [7, 11) is 0. The number of nitrogens with two attached hydrogens (primary N) is 1. The van der Waals surface area contributed by atoms with Crippen LogP contribution in [-0.2, 0) is 6.42 Å². The first-order valence-corrected chi connectivity index (χ1v) is 6.31. The van der Waals surface area contributed by atoms with Gasteiger partial charge in [-0.2, -0.15) is 0 Å². The molecule has 84 valence electrons. The summed E-state index contributed by atoms with van der Waals surface area (Å²) in [5.41, 5.74) is 10.5. The lowest BCUT2D eigenvalue weighted by atomic mass is 10.0. The minimum Gasteiger partial charge on any atom is -0.330 e. The van der Waals surface area contributed by atoms with Gasteiger partial charge in [-0.05, 0) is 31.5 Å². The van der Waals surface area contributed by atoms with Gasteiger partial charge in [0.1, 0.15) is 0 Å². The van der Waals surface area contributed by atoms with Crippen molar-refractivity contribution in [3.63, 3.8) is 0 Å². The number of aromatic nitrogens is 1. The number of benzene rings is 1. The van der Waals surface area contributed by atoms with Gasteiger partial charge in [-0.3, -0.25) is 0 Å². The quantitative estimate of drug-likeness (QED) is 0.883. The second kappa shape index (κ2) is 4.76. The Morgan fingerprint density at radius 1 is 1.25 bits per heavy atom. The van der Waals surface area contributed by atoms with Gasteiger partial charge in [-0.25, -0.2) is 4.98 Å². The van der Waals surface area contributed by atoms with E-state index in [9.17, 15) is 0 Å². The molecule has 0 saturated carbocycles. The van der Waals surface area contributed by atoms with Gasteiger partial charge in [0.05, 0.1) is 10.7 Å². The standard InChI is InChI=1S/C13H16N2S/c1-9-4-3-5-10(2)13(9)11-8-16-12(15-11)6-7-14/h3-5,8H,6-7,14H2,1-2H3. The zero-order valence-corrected chi connectivity index (χ0v) is 10.5. The van der Waals surface area contributed by atoms with Crippen LogP contribution < -0.4 is 5.73 Å². The molecule has 0 spiro atoms. The molecular formula is C13H16N2S. The number of hydrogen-bond donors (Lipinski definition) is 1. The summed E-state index contributed by atoms with van der Waals surface area (Å²) < 4.78 is 0. The van der Waals surface area contributed by atoms with Crippen molar-refractivity contribution in [2.75, 3.05) is 6.54 Å². The molecule has 2 N–H and O–H groups in total. The average molecular weight is 232 g/mol. The minimum atomic E-state index is 0.666. The molecule has 2 nitrogen and oxygen atoms in total. The maximum absolute atomic E-state index is 5.53. The first-order chi connectivity index (χ1) is 7.72. The summed E-state index contributed by atoms with van der Waals surface area (Å²) in [6.07, 6.45) is 0.871. The van der Waals surface area contributed by atoms with Gasteiger partial charge in [0.25, 0.3) is 0 Å². The summed E-state index contributed by atoms with van der Waals surface area (Å²) >= 11 is 1.70. The van der Waals surface area contributed by atoms with E-state index in [0.29, 0.717) is 6.54 Å². The van der Waals surface area contributed by atoms with E-state index in [0.717, 1.165) is 17.1 Å². The van der Waals surface area contributed by atoms with Gasteiger partial charge in [-0.1, -0.05) is 18.2 Å². The summed E-state index contributed by atoms with van der Waals surface area (Å²) in [4.78, 5) is 4.63. The van der Waals surface area contributed by atoms with Gasteiger partial charge < -0.3 is 5.73 Å². The van der Waals surface area contributed by atoms with Crippen LogP contribution in [0.2, 0.25) is 0 Å². The van der Waals surface area contributed by atoms with E-state index < -0.39 is 0 Å². The third-order valence-corrected chi connectivity index (χ3v) is 3.56. The van der Waals surface area contributed by atoms with Gasteiger partial charge in [0.15, 0.2) is 0 Å². The second-order valence-corrected chi connectivity index (χ2v) is 4.87. The van der Waals surface area contributed by atoms with Crippen molar-refractivity contribution in [3.8, 4) is 11.3 Å². The predicted molar refractivity (Wildman–Crippen MR) is 69.8 cm³/mol. The summed E-state index contributed by atoms with van der Waals surface area (Å²) in [5, 5.41) is 3.25. The largest absolute Gasteiger partial charge is 0.330 e. The fourth-order valence-corrected chi connectivity index (χ4v) is 2.69. The number of rotatable bonds is 3. The molecule has 0 radical (unpaired) electrons. The zero-order chi connectivity index (χ0) is 11.5. The van der Waals surface area contributed by atoms with Crippen LogP contribution in [0, 0.1) is 13.8 Å². The van der Waals surface area contributed by atoms with Crippen molar-refractivity contribution >= 4 is 11.3 Å². The highest BCUT2D eigenvalue weighted by molar-refractivity contribution is 7.09. The van der Waals surface area contributed by atoms with E-state index in [1.165, 1.54) is 16.7 Å². The molecule has 0 aliphatic heterocycles. The lowest BCUT2D eigenvalue weighted by molar-refractivity contribution is 0.954. The molecule has 1 aromatic carbocycles. The molecule has 0 fully saturated rings. The zero-order valence-electron chi connectivity index (χ0n) is 9.66. The first kappa shape index (κ1) is 11.3. The van der Waals surface area contributed by atoms with E-state index >= 15 is 0 Å². The van der Waals surface area contributed by atoms with Crippen molar-refractivity contribution in [3.05, 3.63) is 39.7 Å². The van der Waals surface area contributed by atoms with E-state index in [1.54, 1.807) is 11.3 Å². The highest BCUT2D eigenvalue weighted by atomic mass is 32.1. The molecule has 16 heavy (non-hydrogen) atoms. The molecule has 0 atom stereocenters. The van der Waals surface area contributed by atoms with E-state index in [4.69, 9.17) is 5.73 Å². The van der Waals surface area contributed by atoms with Crippen LogP contribution >= 0.6 is 11.3 Å². The lowest BCUT2D eigenvalue weighted by Gasteiger charge is -2.06. The molecule has 3 heteroatoms.